The molecule has 0 aromatic heterocycles. The molecule has 20 heavy (non-hydrogen) atoms. The molecule has 0 amide bonds. The molecule has 1 rings (SSSR count). The standard InChI is InChI=1S/C16H24BrN3/c1-4-20(5-2)10-6-7-13(3)19-16-11-15(17)9-8-14(16)12-18/h8-9,11,13,19H,4-7,10H2,1-3H3. The van der Waals surface area contributed by atoms with Crippen LogP contribution in [0.2, 0.25) is 0 Å². The molecule has 1 unspecified atom stereocenters. The summed E-state index contributed by atoms with van der Waals surface area (Å²) in [4.78, 5) is 2.44. The molecular weight excluding hydrogens is 314 g/mol. The van der Waals surface area contributed by atoms with Crippen LogP contribution >= 0.6 is 15.9 Å². The van der Waals surface area contributed by atoms with E-state index in [1.165, 1.54) is 6.42 Å². The van der Waals surface area contributed by atoms with Crippen LogP contribution in [0.3, 0.4) is 0 Å². The van der Waals surface area contributed by atoms with Crippen molar-refractivity contribution in [2.45, 2.75) is 39.7 Å². The number of nitrogens with zero attached hydrogens (tertiary/aromatic N) is 2. The summed E-state index contributed by atoms with van der Waals surface area (Å²) in [5.41, 5.74) is 1.61. The third kappa shape index (κ3) is 5.52. The van der Waals surface area contributed by atoms with E-state index >= 15 is 0 Å². The fourth-order valence-corrected chi connectivity index (χ4v) is 2.59. The Labute approximate surface area is 131 Å². The van der Waals surface area contributed by atoms with Crippen molar-refractivity contribution in [1.29, 1.82) is 5.26 Å². The molecule has 110 valence electrons. The number of hydrogen-bond donors (Lipinski definition) is 1. The number of rotatable bonds is 8. The second kappa shape index (κ2) is 8.99. The molecule has 4 heteroatoms. The first-order valence-corrected chi connectivity index (χ1v) is 8.08. The Balaban J connectivity index is 2.48. The highest BCUT2D eigenvalue weighted by molar-refractivity contribution is 9.10. The summed E-state index contributed by atoms with van der Waals surface area (Å²) in [6.07, 6.45) is 2.28. The van der Waals surface area contributed by atoms with E-state index in [4.69, 9.17) is 5.26 Å². The van der Waals surface area contributed by atoms with Crippen LogP contribution in [-0.2, 0) is 0 Å². The van der Waals surface area contributed by atoms with Crippen LogP contribution in [0.1, 0.15) is 39.2 Å². The van der Waals surface area contributed by atoms with E-state index in [2.05, 4.69) is 53.0 Å². The quantitative estimate of drug-likeness (QED) is 0.770. The molecule has 3 nitrogen and oxygen atoms in total. The molecule has 0 radical (unpaired) electrons. The molecule has 1 aromatic rings. The topological polar surface area (TPSA) is 39.1 Å². The van der Waals surface area contributed by atoms with Gasteiger partial charge >= 0.3 is 0 Å². The molecule has 1 N–H and O–H groups in total. The van der Waals surface area contributed by atoms with Crippen molar-refractivity contribution in [2.24, 2.45) is 0 Å². The van der Waals surface area contributed by atoms with Gasteiger partial charge in [0.05, 0.1) is 11.3 Å². The van der Waals surface area contributed by atoms with Crippen molar-refractivity contribution in [2.75, 3.05) is 25.0 Å². The minimum Gasteiger partial charge on any atom is -0.381 e. The average molecular weight is 338 g/mol. The monoisotopic (exact) mass is 337 g/mol. The highest BCUT2D eigenvalue weighted by Gasteiger charge is 2.08. The number of halogens is 1. The molecule has 0 spiro atoms. The first-order chi connectivity index (χ1) is 9.60. The van der Waals surface area contributed by atoms with Crippen LogP contribution < -0.4 is 5.32 Å². The first kappa shape index (κ1) is 17.0. The van der Waals surface area contributed by atoms with Gasteiger partial charge in [-0.15, -0.1) is 0 Å². The van der Waals surface area contributed by atoms with Crippen molar-refractivity contribution in [3.05, 3.63) is 28.2 Å². The molecule has 0 heterocycles. The Morgan fingerprint density at radius 3 is 2.65 bits per heavy atom. The van der Waals surface area contributed by atoms with Gasteiger partial charge in [0.25, 0.3) is 0 Å². The lowest BCUT2D eigenvalue weighted by Gasteiger charge is -2.20. The maximum Gasteiger partial charge on any atom is 0.101 e. The van der Waals surface area contributed by atoms with Gasteiger partial charge in [0.1, 0.15) is 6.07 Å². The normalized spacial score (nSPS) is 12.2. The number of hydrogen-bond acceptors (Lipinski definition) is 3. The Kier molecular flexibility index (Phi) is 7.64. The largest absolute Gasteiger partial charge is 0.381 e. The lowest BCUT2D eigenvalue weighted by Crippen LogP contribution is -2.25. The number of anilines is 1. The Morgan fingerprint density at radius 2 is 2.05 bits per heavy atom. The first-order valence-electron chi connectivity index (χ1n) is 7.29. The van der Waals surface area contributed by atoms with Crippen molar-refractivity contribution in [3.63, 3.8) is 0 Å². The number of benzene rings is 1. The highest BCUT2D eigenvalue weighted by Crippen LogP contribution is 2.22. The average Bonchev–Trinajstić information content (AvgIpc) is 2.44. The third-order valence-electron chi connectivity index (χ3n) is 3.51. The van der Waals surface area contributed by atoms with Gasteiger partial charge in [-0.2, -0.15) is 5.26 Å². The van der Waals surface area contributed by atoms with E-state index in [1.807, 2.05) is 18.2 Å². The van der Waals surface area contributed by atoms with Crippen LogP contribution in [0.15, 0.2) is 22.7 Å². The molecule has 0 bridgehead atoms. The van der Waals surface area contributed by atoms with Gasteiger partial charge in [0, 0.05) is 10.5 Å². The molecule has 0 fully saturated rings. The molecule has 1 aromatic carbocycles. The van der Waals surface area contributed by atoms with Crippen molar-refractivity contribution >= 4 is 21.6 Å². The Bertz CT molecular complexity index is 450. The summed E-state index contributed by atoms with van der Waals surface area (Å²) in [6, 6.07) is 8.31. The minimum absolute atomic E-state index is 0.368. The van der Waals surface area contributed by atoms with Gasteiger partial charge in [-0.3, -0.25) is 0 Å². The van der Waals surface area contributed by atoms with Crippen molar-refractivity contribution in [3.8, 4) is 6.07 Å². The van der Waals surface area contributed by atoms with Crippen LogP contribution in [0.5, 0.6) is 0 Å². The van der Waals surface area contributed by atoms with Gasteiger partial charge in [-0.05, 0) is 57.6 Å². The van der Waals surface area contributed by atoms with E-state index < -0.39 is 0 Å². The lowest BCUT2D eigenvalue weighted by molar-refractivity contribution is 0.295. The maximum absolute atomic E-state index is 9.12. The molecule has 0 saturated heterocycles. The summed E-state index contributed by atoms with van der Waals surface area (Å²) >= 11 is 3.45. The lowest BCUT2D eigenvalue weighted by atomic mass is 10.1. The zero-order valence-electron chi connectivity index (χ0n) is 12.6. The van der Waals surface area contributed by atoms with Gasteiger partial charge in [0.15, 0.2) is 0 Å². The van der Waals surface area contributed by atoms with Crippen LogP contribution in [0, 0.1) is 11.3 Å². The molecule has 0 aliphatic rings. The zero-order chi connectivity index (χ0) is 15.0. The van der Waals surface area contributed by atoms with Gasteiger partial charge in [-0.1, -0.05) is 29.8 Å². The van der Waals surface area contributed by atoms with Gasteiger partial charge in [-0.25, -0.2) is 0 Å². The molecule has 0 aliphatic heterocycles. The molecule has 1 atom stereocenters. The van der Waals surface area contributed by atoms with E-state index in [0.717, 1.165) is 36.2 Å². The minimum atomic E-state index is 0.368. The number of nitriles is 1. The van der Waals surface area contributed by atoms with Gasteiger partial charge < -0.3 is 10.2 Å². The van der Waals surface area contributed by atoms with Crippen LogP contribution in [-0.4, -0.2) is 30.6 Å². The van der Waals surface area contributed by atoms with Crippen LogP contribution in [0.25, 0.3) is 0 Å². The molecular formula is C16H24BrN3. The smallest absolute Gasteiger partial charge is 0.101 e. The summed E-state index contributed by atoms with van der Waals surface area (Å²) in [5.74, 6) is 0. The second-order valence-corrected chi connectivity index (χ2v) is 5.93. The van der Waals surface area contributed by atoms with E-state index in [0.29, 0.717) is 11.6 Å². The van der Waals surface area contributed by atoms with Crippen molar-refractivity contribution < 1.29 is 0 Å². The summed E-state index contributed by atoms with van der Waals surface area (Å²) < 4.78 is 0.995. The summed E-state index contributed by atoms with van der Waals surface area (Å²) in [7, 11) is 0. The number of nitrogens with one attached hydrogen (secondary N) is 1. The SMILES string of the molecule is CCN(CC)CCCC(C)Nc1cc(Br)ccc1C#N. The predicted molar refractivity (Wildman–Crippen MR) is 89.0 cm³/mol. The predicted octanol–water partition coefficient (Wildman–Crippen LogP) is 4.24. The zero-order valence-corrected chi connectivity index (χ0v) is 14.2. The van der Waals surface area contributed by atoms with Crippen LogP contribution in [0.4, 0.5) is 5.69 Å². The Hall–Kier alpha value is -1.05. The maximum atomic E-state index is 9.12. The summed E-state index contributed by atoms with van der Waals surface area (Å²) in [5, 5.41) is 12.6. The Morgan fingerprint density at radius 1 is 1.35 bits per heavy atom. The van der Waals surface area contributed by atoms with Crippen molar-refractivity contribution in [1.82, 2.24) is 4.90 Å². The molecule has 0 saturated carbocycles. The van der Waals surface area contributed by atoms with E-state index in [-0.39, 0.29) is 0 Å². The fraction of sp³-hybridized carbons (Fsp3) is 0.562. The van der Waals surface area contributed by atoms with Gasteiger partial charge in [0.2, 0.25) is 0 Å². The molecule has 0 aliphatic carbocycles. The van der Waals surface area contributed by atoms with E-state index in [9.17, 15) is 0 Å². The second-order valence-electron chi connectivity index (χ2n) is 5.02. The highest BCUT2D eigenvalue weighted by atomic mass is 79.9. The van der Waals surface area contributed by atoms with E-state index in [1.54, 1.807) is 0 Å². The summed E-state index contributed by atoms with van der Waals surface area (Å²) in [6.45, 7) is 9.94. The fourth-order valence-electron chi connectivity index (χ4n) is 2.23. The third-order valence-corrected chi connectivity index (χ3v) is 4.00.